The van der Waals surface area contributed by atoms with Crippen molar-refractivity contribution in [3.8, 4) is 5.75 Å². The maximum Gasteiger partial charge on any atom is 0.276 e. The van der Waals surface area contributed by atoms with Gasteiger partial charge in [0.15, 0.2) is 11.5 Å². The smallest absolute Gasteiger partial charge is 0.276 e. The van der Waals surface area contributed by atoms with E-state index in [1.807, 2.05) is 6.07 Å². The molecule has 1 amide bonds. The molecule has 3 aromatic rings. The number of halogens is 2. The van der Waals surface area contributed by atoms with Crippen molar-refractivity contribution in [3.63, 3.8) is 0 Å². The second-order valence-electron chi connectivity index (χ2n) is 5.21. The van der Waals surface area contributed by atoms with E-state index in [0.29, 0.717) is 33.0 Å². The highest BCUT2D eigenvalue weighted by molar-refractivity contribution is 6.35. The molecular weight excluding hydrogens is 375 g/mol. The fraction of sp³-hybridized carbons (Fsp3) is 0.0556. The van der Waals surface area contributed by atoms with Crippen LogP contribution in [0.5, 0.6) is 5.75 Å². The van der Waals surface area contributed by atoms with Crippen molar-refractivity contribution in [1.29, 1.82) is 0 Å². The third kappa shape index (κ3) is 4.22. The predicted octanol–water partition coefficient (Wildman–Crippen LogP) is 4.79. The molecule has 3 rings (SSSR count). The Bertz CT molecular complexity index is 933. The van der Waals surface area contributed by atoms with E-state index in [2.05, 4.69) is 20.8 Å². The second kappa shape index (κ2) is 8.03. The normalized spacial score (nSPS) is 10.3. The Balaban J connectivity index is 1.73. The summed E-state index contributed by atoms with van der Waals surface area (Å²) in [5.41, 5.74) is 1.31. The fourth-order valence-corrected chi connectivity index (χ4v) is 2.52. The summed E-state index contributed by atoms with van der Waals surface area (Å²) in [6.07, 6.45) is 0. The number of nitrogens with one attached hydrogen (secondary N) is 2. The Kier molecular flexibility index (Phi) is 5.55. The number of methoxy groups -OCH3 is 1. The molecule has 1 heterocycles. The second-order valence-corrected chi connectivity index (χ2v) is 6.05. The van der Waals surface area contributed by atoms with Gasteiger partial charge in [0.05, 0.1) is 23.5 Å². The molecule has 2 aromatic carbocycles. The number of benzene rings is 2. The summed E-state index contributed by atoms with van der Waals surface area (Å²) in [5, 5.41) is 14.7. The summed E-state index contributed by atoms with van der Waals surface area (Å²) in [6.45, 7) is 0. The molecular formula is C18H14Cl2N4O2. The van der Waals surface area contributed by atoms with Crippen LogP contribution in [0.25, 0.3) is 0 Å². The molecule has 0 aliphatic carbocycles. The Morgan fingerprint density at radius 3 is 2.54 bits per heavy atom. The topological polar surface area (TPSA) is 76.1 Å². The van der Waals surface area contributed by atoms with Gasteiger partial charge in [0, 0.05) is 5.02 Å². The van der Waals surface area contributed by atoms with E-state index in [0.717, 1.165) is 0 Å². The van der Waals surface area contributed by atoms with Crippen LogP contribution in [-0.4, -0.2) is 23.2 Å². The molecule has 0 fully saturated rings. The van der Waals surface area contributed by atoms with Crippen LogP contribution < -0.4 is 15.4 Å². The van der Waals surface area contributed by atoms with Crippen LogP contribution in [0.4, 0.5) is 17.2 Å². The Hall–Kier alpha value is -2.83. The molecule has 0 aliphatic rings. The fourth-order valence-electron chi connectivity index (χ4n) is 2.19. The van der Waals surface area contributed by atoms with Gasteiger partial charge in [0.2, 0.25) is 0 Å². The van der Waals surface area contributed by atoms with Crippen molar-refractivity contribution in [3.05, 3.63) is 70.3 Å². The first kappa shape index (κ1) is 18.0. The number of hydrogen-bond donors (Lipinski definition) is 2. The SMILES string of the molecule is COc1ccccc1NC(=O)c1ccc(Nc2cc(Cl)ccc2Cl)nn1. The number of para-hydroxylation sites is 2. The van der Waals surface area contributed by atoms with E-state index in [9.17, 15) is 4.79 Å². The number of rotatable bonds is 5. The Morgan fingerprint density at radius 2 is 1.81 bits per heavy atom. The van der Waals surface area contributed by atoms with Gasteiger partial charge in [-0.25, -0.2) is 0 Å². The number of aromatic nitrogens is 2. The largest absolute Gasteiger partial charge is 0.495 e. The van der Waals surface area contributed by atoms with Crippen molar-refractivity contribution in [2.24, 2.45) is 0 Å². The highest BCUT2D eigenvalue weighted by Crippen LogP contribution is 2.28. The number of carbonyl (C=O) groups excluding carboxylic acids is 1. The van der Waals surface area contributed by atoms with Crippen LogP contribution in [-0.2, 0) is 0 Å². The van der Waals surface area contributed by atoms with Crippen molar-refractivity contribution < 1.29 is 9.53 Å². The van der Waals surface area contributed by atoms with Crippen LogP contribution >= 0.6 is 23.2 Å². The molecule has 0 unspecified atom stereocenters. The molecule has 0 atom stereocenters. The van der Waals surface area contributed by atoms with Gasteiger partial charge < -0.3 is 15.4 Å². The summed E-state index contributed by atoms with van der Waals surface area (Å²) in [7, 11) is 1.53. The van der Waals surface area contributed by atoms with E-state index in [-0.39, 0.29) is 5.69 Å². The zero-order chi connectivity index (χ0) is 18.5. The molecule has 132 valence electrons. The molecule has 6 nitrogen and oxygen atoms in total. The van der Waals surface area contributed by atoms with Gasteiger partial charge >= 0.3 is 0 Å². The Morgan fingerprint density at radius 1 is 1.00 bits per heavy atom. The van der Waals surface area contributed by atoms with Gasteiger partial charge in [0.25, 0.3) is 5.91 Å². The van der Waals surface area contributed by atoms with Crippen LogP contribution in [0.3, 0.4) is 0 Å². The average molecular weight is 389 g/mol. The lowest BCUT2D eigenvalue weighted by Gasteiger charge is -2.10. The zero-order valence-electron chi connectivity index (χ0n) is 13.7. The van der Waals surface area contributed by atoms with Crippen LogP contribution in [0.15, 0.2) is 54.6 Å². The quantitative estimate of drug-likeness (QED) is 0.656. The van der Waals surface area contributed by atoms with Crippen molar-refractivity contribution in [2.75, 3.05) is 17.7 Å². The highest BCUT2D eigenvalue weighted by atomic mass is 35.5. The molecule has 0 bridgehead atoms. The molecule has 0 saturated heterocycles. The van der Waals surface area contributed by atoms with Gasteiger partial charge in [-0.2, -0.15) is 0 Å². The Labute approximate surface area is 160 Å². The predicted molar refractivity (Wildman–Crippen MR) is 103 cm³/mol. The lowest BCUT2D eigenvalue weighted by molar-refractivity contribution is 0.102. The summed E-state index contributed by atoms with van der Waals surface area (Å²) in [5.74, 6) is 0.597. The molecule has 0 aliphatic heterocycles. The first-order valence-electron chi connectivity index (χ1n) is 7.57. The minimum Gasteiger partial charge on any atom is -0.495 e. The van der Waals surface area contributed by atoms with Gasteiger partial charge in [0.1, 0.15) is 5.75 Å². The number of hydrogen-bond acceptors (Lipinski definition) is 5. The molecule has 8 heteroatoms. The molecule has 0 radical (unpaired) electrons. The first-order valence-corrected chi connectivity index (χ1v) is 8.32. The molecule has 1 aromatic heterocycles. The third-order valence-electron chi connectivity index (χ3n) is 3.44. The van der Waals surface area contributed by atoms with Gasteiger partial charge in [-0.05, 0) is 42.5 Å². The third-order valence-corrected chi connectivity index (χ3v) is 4.01. The van der Waals surface area contributed by atoms with Crippen molar-refractivity contribution >= 4 is 46.3 Å². The number of ether oxygens (including phenoxy) is 1. The number of carbonyl (C=O) groups is 1. The van der Waals surface area contributed by atoms with E-state index >= 15 is 0 Å². The number of amides is 1. The van der Waals surface area contributed by atoms with E-state index in [1.165, 1.54) is 7.11 Å². The summed E-state index contributed by atoms with van der Waals surface area (Å²) < 4.78 is 5.20. The van der Waals surface area contributed by atoms with Crippen LogP contribution in [0.2, 0.25) is 10.0 Å². The highest BCUT2D eigenvalue weighted by Gasteiger charge is 2.12. The average Bonchev–Trinajstić information content (AvgIpc) is 2.65. The van der Waals surface area contributed by atoms with Gasteiger partial charge in [-0.15, -0.1) is 10.2 Å². The minimum atomic E-state index is -0.394. The zero-order valence-corrected chi connectivity index (χ0v) is 15.2. The summed E-state index contributed by atoms with van der Waals surface area (Å²) in [6, 6.07) is 15.3. The van der Waals surface area contributed by atoms with Gasteiger partial charge in [-0.1, -0.05) is 35.3 Å². The summed E-state index contributed by atoms with van der Waals surface area (Å²) >= 11 is 12.1. The van der Waals surface area contributed by atoms with E-state index in [4.69, 9.17) is 27.9 Å². The standard InChI is InChI=1S/C18H14Cl2N4O2/c1-26-16-5-3-2-4-13(16)22-18(25)14-8-9-17(24-23-14)21-15-10-11(19)6-7-12(15)20/h2-10H,1H3,(H,21,24)(H,22,25). The molecule has 26 heavy (non-hydrogen) atoms. The van der Waals surface area contributed by atoms with E-state index < -0.39 is 5.91 Å². The monoisotopic (exact) mass is 388 g/mol. The van der Waals surface area contributed by atoms with Crippen LogP contribution in [0.1, 0.15) is 10.5 Å². The lowest BCUT2D eigenvalue weighted by atomic mass is 10.2. The van der Waals surface area contributed by atoms with E-state index in [1.54, 1.807) is 48.5 Å². The number of nitrogens with zero attached hydrogens (tertiary/aromatic N) is 2. The number of anilines is 3. The van der Waals surface area contributed by atoms with Crippen molar-refractivity contribution in [2.45, 2.75) is 0 Å². The van der Waals surface area contributed by atoms with Gasteiger partial charge in [-0.3, -0.25) is 4.79 Å². The minimum absolute atomic E-state index is 0.165. The maximum absolute atomic E-state index is 12.3. The summed E-state index contributed by atoms with van der Waals surface area (Å²) in [4.78, 5) is 12.3. The molecule has 0 spiro atoms. The maximum atomic E-state index is 12.3. The van der Waals surface area contributed by atoms with Crippen LogP contribution in [0, 0.1) is 0 Å². The molecule has 2 N–H and O–H groups in total. The molecule has 0 saturated carbocycles. The lowest BCUT2D eigenvalue weighted by Crippen LogP contribution is -2.15. The first-order chi connectivity index (χ1) is 12.6. The van der Waals surface area contributed by atoms with Crippen molar-refractivity contribution in [1.82, 2.24) is 10.2 Å².